The summed E-state index contributed by atoms with van der Waals surface area (Å²) in [5.41, 5.74) is 1.11. The molecule has 0 spiro atoms. The first-order valence-corrected chi connectivity index (χ1v) is 26.7. The van der Waals surface area contributed by atoms with Gasteiger partial charge in [-0.25, -0.2) is 4.79 Å². The molecule has 6 N–H and O–H groups in total. The lowest BCUT2D eigenvalue weighted by Gasteiger charge is -2.38. The third-order valence-electron chi connectivity index (χ3n) is 13.4. The van der Waals surface area contributed by atoms with Crippen molar-refractivity contribution in [1.82, 2.24) is 41.7 Å². The summed E-state index contributed by atoms with van der Waals surface area (Å²) in [6.45, 7) is 27.8. The maximum absolute atomic E-state index is 14.6. The van der Waals surface area contributed by atoms with Gasteiger partial charge in [0.1, 0.15) is 35.4 Å². The molecule has 75 heavy (non-hydrogen) atoms. The number of esters is 1. The van der Waals surface area contributed by atoms with E-state index in [9.17, 15) is 38.4 Å². The number of nitrogens with one attached hydrogen (secondary N) is 6. The molecule has 7 amide bonds. The van der Waals surface area contributed by atoms with E-state index in [0.717, 1.165) is 16.8 Å². The molecule has 414 valence electrons. The molecule has 0 saturated carbocycles. The van der Waals surface area contributed by atoms with Gasteiger partial charge in [-0.3, -0.25) is 38.5 Å². The minimum atomic E-state index is -1.52. The highest BCUT2D eigenvalue weighted by molar-refractivity contribution is 6.00. The van der Waals surface area contributed by atoms with E-state index < -0.39 is 101 Å². The van der Waals surface area contributed by atoms with Crippen LogP contribution in [0, 0.1) is 11.8 Å². The Hall–Kier alpha value is -6.24. The molecule has 5 rings (SSSR count). The summed E-state index contributed by atoms with van der Waals surface area (Å²) >= 11 is 0. The van der Waals surface area contributed by atoms with Crippen molar-refractivity contribution in [3.63, 3.8) is 0 Å². The smallest absolute Gasteiger partial charge is 0.410 e. The first-order chi connectivity index (χ1) is 34.9. The van der Waals surface area contributed by atoms with Gasteiger partial charge < -0.3 is 51.2 Å². The van der Waals surface area contributed by atoms with E-state index in [1.807, 2.05) is 91.5 Å². The molecule has 0 radical (unpaired) electrons. The van der Waals surface area contributed by atoms with E-state index in [2.05, 4.69) is 36.8 Å². The molecule has 2 aromatic rings. The third-order valence-corrected chi connectivity index (χ3v) is 13.4. The van der Waals surface area contributed by atoms with E-state index in [1.54, 1.807) is 57.7 Å². The Morgan fingerprint density at radius 1 is 0.720 bits per heavy atom. The summed E-state index contributed by atoms with van der Waals surface area (Å²) in [6, 6.07) is 6.52. The molecule has 3 heterocycles. The normalized spacial score (nSPS) is 23.6. The van der Waals surface area contributed by atoms with Crippen LogP contribution in [0.25, 0.3) is 11.1 Å². The molecule has 7 atom stereocenters. The largest absolute Gasteiger partial charge is 0.460 e. The number of benzene rings is 2. The number of anilines is 1. The second-order valence-corrected chi connectivity index (χ2v) is 23.8. The summed E-state index contributed by atoms with van der Waals surface area (Å²) in [6.07, 6.45) is 0.716. The quantitative estimate of drug-likeness (QED) is 0.178. The molecule has 3 aliphatic rings. The van der Waals surface area contributed by atoms with Crippen molar-refractivity contribution in [2.24, 2.45) is 11.8 Å². The fourth-order valence-corrected chi connectivity index (χ4v) is 9.63. The number of carbonyl (C=O) groups is 8. The van der Waals surface area contributed by atoms with Gasteiger partial charge in [-0.05, 0) is 148 Å². The van der Waals surface area contributed by atoms with E-state index in [0.29, 0.717) is 57.5 Å². The molecule has 2 saturated heterocycles. The molecule has 1 unspecified atom stereocenters. The minimum Gasteiger partial charge on any atom is -0.460 e. The van der Waals surface area contributed by atoms with Gasteiger partial charge in [0, 0.05) is 49.5 Å². The fraction of sp³-hybridized carbons (Fsp3) is 0.643. The van der Waals surface area contributed by atoms with E-state index >= 15 is 0 Å². The third kappa shape index (κ3) is 17.1. The zero-order chi connectivity index (χ0) is 55.7. The lowest BCUT2D eigenvalue weighted by Crippen LogP contribution is -2.64. The summed E-state index contributed by atoms with van der Waals surface area (Å²) in [7, 11) is 0. The van der Waals surface area contributed by atoms with Crippen molar-refractivity contribution in [2.75, 3.05) is 37.6 Å². The van der Waals surface area contributed by atoms with E-state index in [1.165, 1.54) is 0 Å². The van der Waals surface area contributed by atoms with Crippen LogP contribution < -0.4 is 36.8 Å². The van der Waals surface area contributed by atoms with Crippen molar-refractivity contribution >= 4 is 53.2 Å². The van der Waals surface area contributed by atoms with E-state index in [4.69, 9.17) is 9.47 Å². The molecule has 2 bridgehead atoms. The van der Waals surface area contributed by atoms with Crippen LogP contribution in [0.1, 0.15) is 145 Å². The van der Waals surface area contributed by atoms with Crippen LogP contribution in [0.4, 0.5) is 10.5 Å². The zero-order valence-corrected chi connectivity index (χ0v) is 46.9. The van der Waals surface area contributed by atoms with Crippen molar-refractivity contribution in [2.45, 2.75) is 189 Å². The molecule has 2 aromatic carbocycles. The highest BCUT2D eigenvalue weighted by Crippen LogP contribution is 2.30. The highest BCUT2D eigenvalue weighted by atomic mass is 16.6. The second kappa shape index (κ2) is 25.1. The fourth-order valence-electron chi connectivity index (χ4n) is 9.63. The van der Waals surface area contributed by atoms with Gasteiger partial charge >= 0.3 is 12.1 Å². The van der Waals surface area contributed by atoms with Gasteiger partial charge in [-0.15, -0.1) is 0 Å². The number of hydrogen-bond acceptors (Lipinski definition) is 12. The predicted molar refractivity (Wildman–Crippen MR) is 287 cm³/mol. The molecule has 19 nitrogen and oxygen atoms in total. The summed E-state index contributed by atoms with van der Waals surface area (Å²) in [5, 5.41) is 17.6. The number of piperazine rings is 1. The molecule has 3 aliphatic heterocycles. The average molecular weight is 1040 g/mol. The maximum atomic E-state index is 14.6. The van der Waals surface area contributed by atoms with Crippen LogP contribution in [0.5, 0.6) is 0 Å². The Morgan fingerprint density at radius 3 is 1.92 bits per heavy atom. The lowest BCUT2D eigenvalue weighted by atomic mass is 9.96. The Bertz CT molecular complexity index is 2380. The summed E-state index contributed by atoms with van der Waals surface area (Å²) in [5.74, 6) is -4.82. The van der Waals surface area contributed by atoms with Gasteiger partial charge in [-0.1, -0.05) is 52.3 Å². The Labute approximate surface area is 444 Å². The molecule has 0 aliphatic carbocycles. The van der Waals surface area contributed by atoms with Crippen molar-refractivity contribution < 1.29 is 47.8 Å². The number of ether oxygens (including phenoxy) is 2. The van der Waals surface area contributed by atoms with Gasteiger partial charge in [-0.2, -0.15) is 0 Å². The average Bonchev–Trinajstić information content (AvgIpc) is 3.78. The standard InChI is InChI=1S/C56H85N9O10/c1-15-34(4)45-51(71)58-35(5)46(52(72)62-54(6,7)8)65-24-16-17-43(65)50(70)57-32-38-30-37(47(67)59-41(29-33(2)3)48(68)60-42(49(69)61-45)31-44(66)74-55(9,10)11)20-23-40(38)36-18-21-39(22-19-36)63-25-27-64(28-26-63)53(73)75-56(12,13)14/h18-23,30,33-35,41-43,45-46H,15-17,24-29,31-32H2,1-14H3,(H,57,70)(H,58,71)(H,59,67)(H,60,68)(H,61,69)(H,62,72)/t34-,35-,41-,42-,43-,45-,46?/m0/s1. The number of fused-ring (bicyclic) bond motifs is 3. The van der Waals surface area contributed by atoms with Gasteiger partial charge in [0.2, 0.25) is 29.5 Å². The Morgan fingerprint density at radius 2 is 1.33 bits per heavy atom. The minimum absolute atomic E-state index is 0.00817. The maximum Gasteiger partial charge on any atom is 0.410 e. The Kier molecular flexibility index (Phi) is 19.9. The number of amides is 7. The highest BCUT2D eigenvalue weighted by Gasteiger charge is 2.44. The molecular formula is C56H85N9O10. The van der Waals surface area contributed by atoms with Gasteiger partial charge in [0.05, 0.1) is 18.5 Å². The summed E-state index contributed by atoms with van der Waals surface area (Å²) < 4.78 is 11.2. The first kappa shape index (κ1) is 59.6. The van der Waals surface area contributed by atoms with E-state index in [-0.39, 0.29) is 36.4 Å². The number of carbonyl (C=O) groups excluding carboxylic acids is 8. The first-order valence-electron chi connectivity index (χ1n) is 26.7. The van der Waals surface area contributed by atoms with Crippen LogP contribution in [-0.4, -0.2) is 143 Å². The molecule has 2 fully saturated rings. The van der Waals surface area contributed by atoms with Crippen LogP contribution in [-0.2, 0) is 44.8 Å². The van der Waals surface area contributed by atoms with Crippen LogP contribution in [0.3, 0.4) is 0 Å². The number of nitrogens with zero attached hydrogens (tertiary/aromatic N) is 3. The number of hydrogen-bond donors (Lipinski definition) is 6. The van der Waals surface area contributed by atoms with Crippen LogP contribution in [0.15, 0.2) is 42.5 Å². The number of rotatable bonds is 9. The molecule has 0 aromatic heterocycles. The second-order valence-electron chi connectivity index (χ2n) is 23.8. The van der Waals surface area contributed by atoms with Crippen LogP contribution >= 0.6 is 0 Å². The topological polar surface area (TPSA) is 237 Å². The van der Waals surface area contributed by atoms with Gasteiger partial charge in [0.15, 0.2) is 0 Å². The molecular weight excluding hydrogens is 959 g/mol. The van der Waals surface area contributed by atoms with Crippen LogP contribution in [0.2, 0.25) is 0 Å². The van der Waals surface area contributed by atoms with Crippen molar-refractivity contribution in [3.05, 3.63) is 53.6 Å². The lowest BCUT2D eigenvalue weighted by molar-refractivity contribution is -0.156. The summed E-state index contributed by atoms with van der Waals surface area (Å²) in [4.78, 5) is 119. The predicted octanol–water partition coefficient (Wildman–Crippen LogP) is 5.18. The SMILES string of the molecule is CC[C@H](C)[C@@H]1NC(=O)[C@H](CC(=O)OC(C)(C)C)NC(=O)[C@H](CC(C)C)NC(=O)c2ccc(-c3ccc(N4CCN(C(=O)OC(C)(C)C)CC4)cc3)c(c2)CNC(=O)[C@@H]2CCCN2C(C(=O)NC(C)(C)C)[C@H](C)NC1=O. The van der Waals surface area contributed by atoms with Crippen molar-refractivity contribution in [3.8, 4) is 11.1 Å². The zero-order valence-electron chi connectivity index (χ0n) is 46.9. The van der Waals surface area contributed by atoms with Crippen molar-refractivity contribution in [1.29, 1.82) is 0 Å². The molecule has 19 heteroatoms. The Balaban J connectivity index is 1.57. The van der Waals surface area contributed by atoms with Gasteiger partial charge in [0.25, 0.3) is 5.91 Å². The monoisotopic (exact) mass is 1040 g/mol.